The maximum Gasteiger partial charge on any atom is 0.168 e. The first-order valence-corrected chi connectivity index (χ1v) is 7.16. The third-order valence-corrected chi connectivity index (χ3v) is 3.65. The standard InChI is InChI=1S/C16H15ClN2O2/c1-2-8-19-13-7-6-10(17)9-12(13)18-16(19)11-4-3-5-14(20)15(11)21/h3-7,9,20-21H,2,8H2,1H3. The molecule has 0 spiro atoms. The van der Waals surface area contributed by atoms with Crippen molar-refractivity contribution >= 4 is 22.6 Å². The minimum absolute atomic E-state index is 0.152. The highest BCUT2D eigenvalue weighted by atomic mass is 35.5. The molecular weight excluding hydrogens is 288 g/mol. The van der Waals surface area contributed by atoms with Crippen molar-refractivity contribution in [3.05, 3.63) is 41.4 Å². The molecule has 1 heterocycles. The van der Waals surface area contributed by atoms with Gasteiger partial charge in [-0.25, -0.2) is 4.98 Å². The fourth-order valence-electron chi connectivity index (χ4n) is 2.47. The molecule has 4 nitrogen and oxygen atoms in total. The molecule has 0 saturated heterocycles. The molecular formula is C16H15ClN2O2. The molecule has 0 bridgehead atoms. The maximum atomic E-state index is 10.1. The number of phenolic OH excluding ortho intramolecular Hbond substituents is 2. The van der Waals surface area contributed by atoms with Crippen LogP contribution in [0.4, 0.5) is 0 Å². The van der Waals surface area contributed by atoms with Crippen molar-refractivity contribution in [3.8, 4) is 22.9 Å². The zero-order valence-electron chi connectivity index (χ0n) is 11.5. The summed E-state index contributed by atoms with van der Waals surface area (Å²) in [7, 11) is 0. The van der Waals surface area contributed by atoms with Crippen LogP contribution < -0.4 is 0 Å². The fourth-order valence-corrected chi connectivity index (χ4v) is 2.64. The molecule has 21 heavy (non-hydrogen) atoms. The first-order valence-electron chi connectivity index (χ1n) is 6.79. The minimum Gasteiger partial charge on any atom is -0.504 e. The van der Waals surface area contributed by atoms with Crippen LogP contribution in [0.1, 0.15) is 13.3 Å². The zero-order valence-corrected chi connectivity index (χ0v) is 12.3. The number of rotatable bonds is 3. The summed E-state index contributed by atoms with van der Waals surface area (Å²) in [6.45, 7) is 2.84. The van der Waals surface area contributed by atoms with Crippen molar-refractivity contribution in [3.63, 3.8) is 0 Å². The number of fused-ring (bicyclic) bond motifs is 1. The number of benzene rings is 2. The predicted molar refractivity (Wildman–Crippen MR) is 83.8 cm³/mol. The Balaban J connectivity index is 2.30. The lowest BCUT2D eigenvalue weighted by Gasteiger charge is -2.09. The predicted octanol–water partition coefficient (Wildman–Crippen LogP) is 4.18. The van der Waals surface area contributed by atoms with Gasteiger partial charge >= 0.3 is 0 Å². The van der Waals surface area contributed by atoms with Crippen LogP contribution in [0.2, 0.25) is 5.02 Å². The molecule has 1 aromatic heterocycles. The van der Waals surface area contributed by atoms with Gasteiger partial charge in [0.05, 0.1) is 16.6 Å². The number of para-hydroxylation sites is 1. The molecule has 0 saturated carbocycles. The van der Waals surface area contributed by atoms with Crippen molar-refractivity contribution in [1.82, 2.24) is 9.55 Å². The van der Waals surface area contributed by atoms with Crippen molar-refractivity contribution in [2.75, 3.05) is 0 Å². The number of aromatic hydroxyl groups is 2. The van der Waals surface area contributed by atoms with Gasteiger partial charge in [-0.05, 0) is 36.8 Å². The van der Waals surface area contributed by atoms with Gasteiger partial charge in [-0.1, -0.05) is 24.6 Å². The van der Waals surface area contributed by atoms with E-state index in [1.54, 1.807) is 18.2 Å². The third-order valence-electron chi connectivity index (χ3n) is 3.41. The second-order valence-electron chi connectivity index (χ2n) is 4.89. The van der Waals surface area contributed by atoms with Crippen LogP contribution in [-0.2, 0) is 6.54 Å². The van der Waals surface area contributed by atoms with Crippen LogP contribution in [-0.4, -0.2) is 19.8 Å². The van der Waals surface area contributed by atoms with Gasteiger partial charge in [0.2, 0.25) is 0 Å². The van der Waals surface area contributed by atoms with Gasteiger partial charge in [-0.2, -0.15) is 0 Å². The molecule has 2 aromatic carbocycles. The molecule has 0 aliphatic heterocycles. The van der Waals surface area contributed by atoms with E-state index in [1.165, 1.54) is 6.07 Å². The Morgan fingerprint density at radius 1 is 1.19 bits per heavy atom. The summed E-state index contributed by atoms with van der Waals surface area (Å²) in [5.41, 5.74) is 2.24. The van der Waals surface area contributed by atoms with E-state index < -0.39 is 0 Å². The highest BCUT2D eigenvalue weighted by Crippen LogP contribution is 2.37. The van der Waals surface area contributed by atoms with Gasteiger partial charge in [0.15, 0.2) is 11.5 Å². The summed E-state index contributed by atoms with van der Waals surface area (Å²) in [5, 5.41) is 20.4. The highest BCUT2D eigenvalue weighted by Gasteiger charge is 2.17. The molecule has 0 aliphatic rings. The monoisotopic (exact) mass is 302 g/mol. The number of hydrogen-bond donors (Lipinski definition) is 2. The third kappa shape index (κ3) is 2.32. The van der Waals surface area contributed by atoms with Crippen LogP contribution in [0.15, 0.2) is 36.4 Å². The van der Waals surface area contributed by atoms with Gasteiger partial charge in [0, 0.05) is 11.6 Å². The topological polar surface area (TPSA) is 58.3 Å². The number of nitrogens with zero attached hydrogens (tertiary/aromatic N) is 2. The molecule has 0 radical (unpaired) electrons. The summed E-state index contributed by atoms with van der Waals surface area (Å²) in [5.74, 6) is 0.319. The molecule has 0 unspecified atom stereocenters. The largest absolute Gasteiger partial charge is 0.504 e. The van der Waals surface area contributed by atoms with Crippen molar-refractivity contribution in [2.24, 2.45) is 0 Å². The number of aryl methyl sites for hydroxylation is 1. The lowest BCUT2D eigenvalue weighted by Crippen LogP contribution is -1.99. The minimum atomic E-state index is -0.156. The normalized spacial score (nSPS) is 11.1. The Morgan fingerprint density at radius 2 is 2.00 bits per heavy atom. The molecule has 0 amide bonds. The lowest BCUT2D eigenvalue weighted by atomic mass is 10.1. The number of imidazole rings is 1. The van der Waals surface area contributed by atoms with Crippen molar-refractivity contribution < 1.29 is 10.2 Å². The Morgan fingerprint density at radius 3 is 2.76 bits per heavy atom. The van der Waals surface area contributed by atoms with Crippen LogP contribution in [0.5, 0.6) is 11.5 Å². The van der Waals surface area contributed by atoms with Gasteiger partial charge < -0.3 is 14.8 Å². The molecule has 5 heteroatoms. The molecule has 0 aliphatic carbocycles. The Labute approximate surface area is 127 Å². The van der Waals surface area contributed by atoms with E-state index in [9.17, 15) is 10.2 Å². The second kappa shape index (κ2) is 5.30. The number of halogens is 1. The van der Waals surface area contributed by atoms with E-state index in [4.69, 9.17) is 11.6 Å². The van der Waals surface area contributed by atoms with Crippen LogP contribution in [0.25, 0.3) is 22.4 Å². The summed E-state index contributed by atoms with van der Waals surface area (Å²) in [6, 6.07) is 10.4. The molecule has 0 atom stereocenters. The van der Waals surface area contributed by atoms with E-state index in [1.807, 2.05) is 16.7 Å². The van der Waals surface area contributed by atoms with E-state index in [-0.39, 0.29) is 11.5 Å². The quantitative estimate of drug-likeness (QED) is 0.714. The Kier molecular flexibility index (Phi) is 3.47. The average Bonchev–Trinajstić information content (AvgIpc) is 2.80. The highest BCUT2D eigenvalue weighted by molar-refractivity contribution is 6.31. The summed E-state index contributed by atoms with van der Waals surface area (Å²) >= 11 is 6.02. The summed E-state index contributed by atoms with van der Waals surface area (Å²) < 4.78 is 2.03. The number of phenols is 2. The van der Waals surface area contributed by atoms with E-state index in [0.29, 0.717) is 16.4 Å². The number of hydrogen-bond acceptors (Lipinski definition) is 3. The Bertz CT molecular complexity index is 811. The smallest absolute Gasteiger partial charge is 0.168 e. The first kappa shape index (κ1) is 13.8. The summed E-state index contributed by atoms with van der Waals surface area (Å²) in [6.07, 6.45) is 0.931. The Hall–Kier alpha value is -2.20. The van der Waals surface area contributed by atoms with Gasteiger partial charge in [0.1, 0.15) is 5.82 Å². The van der Waals surface area contributed by atoms with E-state index >= 15 is 0 Å². The molecule has 3 aromatic rings. The van der Waals surface area contributed by atoms with Crippen LogP contribution >= 0.6 is 11.6 Å². The fraction of sp³-hybridized carbons (Fsp3) is 0.188. The van der Waals surface area contributed by atoms with Gasteiger partial charge in [-0.3, -0.25) is 0 Å². The summed E-state index contributed by atoms with van der Waals surface area (Å²) in [4.78, 5) is 4.57. The van der Waals surface area contributed by atoms with E-state index in [0.717, 1.165) is 24.0 Å². The van der Waals surface area contributed by atoms with Crippen LogP contribution in [0.3, 0.4) is 0 Å². The molecule has 108 valence electrons. The van der Waals surface area contributed by atoms with E-state index in [2.05, 4.69) is 11.9 Å². The molecule has 3 rings (SSSR count). The van der Waals surface area contributed by atoms with Crippen molar-refractivity contribution in [2.45, 2.75) is 19.9 Å². The number of aromatic nitrogens is 2. The SMILES string of the molecule is CCCn1c(-c2cccc(O)c2O)nc2cc(Cl)ccc21. The van der Waals surface area contributed by atoms with Crippen LogP contribution in [0, 0.1) is 0 Å². The average molecular weight is 303 g/mol. The maximum absolute atomic E-state index is 10.1. The molecule has 0 fully saturated rings. The molecule has 2 N–H and O–H groups in total. The van der Waals surface area contributed by atoms with Gasteiger partial charge in [-0.15, -0.1) is 0 Å². The van der Waals surface area contributed by atoms with Crippen molar-refractivity contribution in [1.29, 1.82) is 0 Å². The zero-order chi connectivity index (χ0) is 15.0. The lowest BCUT2D eigenvalue weighted by molar-refractivity contribution is 0.404. The first-order chi connectivity index (χ1) is 10.1. The second-order valence-corrected chi connectivity index (χ2v) is 5.33. The van der Waals surface area contributed by atoms with Gasteiger partial charge in [0.25, 0.3) is 0 Å².